The third-order valence-corrected chi connectivity index (χ3v) is 4.72. The first-order chi connectivity index (χ1) is 12.5. The third kappa shape index (κ3) is 6.16. The molecule has 3 amide bonds. The number of nitrogens with zero attached hydrogens (tertiary/aromatic N) is 2. The van der Waals surface area contributed by atoms with E-state index in [1.54, 1.807) is 0 Å². The van der Waals surface area contributed by atoms with Gasteiger partial charge in [0.05, 0.1) is 11.1 Å². The fourth-order valence-corrected chi connectivity index (χ4v) is 3.00. The molecule has 0 saturated carbocycles. The lowest BCUT2D eigenvalue weighted by Gasteiger charge is -2.37. The van der Waals surface area contributed by atoms with Crippen molar-refractivity contribution in [2.75, 3.05) is 45.9 Å². The first-order valence-corrected chi connectivity index (χ1v) is 9.31. The summed E-state index contributed by atoms with van der Waals surface area (Å²) in [5.74, 6) is 0.426. The van der Waals surface area contributed by atoms with Gasteiger partial charge in [-0.3, -0.25) is 19.9 Å². The molecule has 1 aromatic rings. The Hall–Kier alpha value is -1.83. The number of hydrogen-bond donors (Lipinski definition) is 2. The molecule has 1 aromatic carbocycles. The second kappa shape index (κ2) is 10.4. The third-order valence-electron chi connectivity index (χ3n) is 4.41. The lowest BCUT2D eigenvalue weighted by molar-refractivity contribution is -0.125. The van der Waals surface area contributed by atoms with Gasteiger partial charge in [-0.15, -0.1) is 0 Å². The number of nitrogens with one attached hydrogen (secondary N) is 2. The van der Waals surface area contributed by atoms with E-state index >= 15 is 0 Å². The van der Waals surface area contributed by atoms with E-state index in [0.29, 0.717) is 23.9 Å². The summed E-state index contributed by atoms with van der Waals surface area (Å²) in [6, 6.07) is 6.65. The van der Waals surface area contributed by atoms with E-state index in [0.717, 1.165) is 32.7 Å². The summed E-state index contributed by atoms with van der Waals surface area (Å²) in [5, 5.41) is 5.55. The number of piperazine rings is 1. The SMILES string of the molecule is CCNC(=O)NC(=O)C(C)N1CCN(CCOc2ccccc2Cl)CC1. The highest BCUT2D eigenvalue weighted by atomic mass is 35.5. The second-order valence-electron chi connectivity index (χ2n) is 6.18. The van der Waals surface area contributed by atoms with Crippen molar-refractivity contribution in [3.8, 4) is 5.75 Å². The average molecular weight is 383 g/mol. The summed E-state index contributed by atoms with van der Waals surface area (Å²) in [4.78, 5) is 27.9. The van der Waals surface area contributed by atoms with Crippen molar-refractivity contribution >= 4 is 23.5 Å². The van der Waals surface area contributed by atoms with Crippen molar-refractivity contribution in [3.05, 3.63) is 29.3 Å². The summed E-state index contributed by atoms with van der Waals surface area (Å²) >= 11 is 6.07. The molecule has 1 saturated heterocycles. The number of carbonyl (C=O) groups is 2. The topological polar surface area (TPSA) is 73.9 Å². The monoisotopic (exact) mass is 382 g/mol. The summed E-state index contributed by atoms with van der Waals surface area (Å²) in [7, 11) is 0. The quantitative estimate of drug-likeness (QED) is 0.748. The van der Waals surface area contributed by atoms with E-state index in [4.69, 9.17) is 16.3 Å². The number of hydrogen-bond acceptors (Lipinski definition) is 5. The molecule has 1 fully saturated rings. The van der Waals surface area contributed by atoms with Crippen LogP contribution in [-0.4, -0.2) is 73.7 Å². The molecule has 1 aliphatic heterocycles. The van der Waals surface area contributed by atoms with Gasteiger partial charge in [0.1, 0.15) is 12.4 Å². The van der Waals surface area contributed by atoms with E-state index in [1.807, 2.05) is 38.1 Å². The number of halogens is 1. The highest BCUT2D eigenvalue weighted by Crippen LogP contribution is 2.22. The van der Waals surface area contributed by atoms with Gasteiger partial charge in [0.25, 0.3) is 0 Å². The summed E-state index contributed by atoms with van der Waals surface area (Å²) in [6.45, 7) is 8.74. The van der Waals surface area contributed by atoms with Crippen LogP contribution in [0.25, 0.3) is 0 Å². The summed E-state index contributed by atoms with van der Waals surface area (Å²) < 4.78 is 5.72. The fourth-order valence-electron chi connectivity index (χ4n) is 2.81. The number of para-hydroxylation sites is 1. The Bertz CT molecular complexity index is 606. The Morgan fingerprint density at radius 3 is 2.58 bits per heavy atom. The lowest BCUT2D eigenvalue weighted by atomic mass is 10.2. The van der Waals surface area contributed by atoms with E-state index in [-0.39, 0.29) is 11.9 Å². The molecule has 26 heavy (non-hydrogen) atoms. The number of imide groups is 1. The maximum Gasteiger partial charge on any atom is 0.321 e. The zero-order chi connectivity index (χ0) is 18.9. The summed E-state index contributed by atoms with van der Waals surface area (Å²) in [6.07, 6.45) is 0. The van der Waals surface area contributed by atoms with E-state index < -0.39 is 6.03 Å². The molecule has 0 radical (unpaired) electrons. The molecule has 0 aliphatic carbocycles. The van der Waals surface area contributed by atoms with Crippen molar-refractivity contribution < 1.29 is 14.3 Å². The standard InChI is InChI=1S/C18H27ClN4O3/c1-3-20-18(25)21-17(24)14(2)23-10-8-22(9-11-23)12-13-26-16-7-5-4-6-15(16)19/h4-7,14H,3,8-13H2,1-2H3,(H2,20,21,24,25). The fraction of sp³-hybridized carbons (Fsp3) is 0.556. The van der Waals surface area contributed by atoms with Gasteiger partial charge in [0.2, 0.25) is 5.91 Å². The molecule has 0 bridgehead atoms. The van der Waals surface area contributed by atoms with Gasteiger partial charge in [-0.05, 0) is 26.0 Å². The van der Waals surface area contributed by atoms with Gasteiger partial charge in [-0.25, -0.2) is 4.79 Å². The highest BCUT2D eigenvalue weighted by molar-refractivity contribution is 6.32. The first kappa shape index (κ1) is 20.5. The Labute approximate surface area is 159 Å². The number of benzene rings is 1. The number of rotatable bonds is 7. The molecule has 144 valence electrons. The Kier molecular flexibility index (Phi) is 8.15. The van der Waals surface area contributed by atoms with Gasteiger partial charge >= 0.3 is 6.03 Å². The molecule has 7 nitrogen and oxygen atoms in total. The molecule has 1 unspecified atom stereocenters. The van der Waals surface area contributed by atoms with Crippen molar-refractivity contribution in [2.24, 2.45) is 0 Å². The smallest absolute Gasteiger partial charge is 0.321 e. The molecular weight excluding hydrogens is 356 g/mol. The van der Waals surface area contributed by atoms with Crippen LogP contribution in [0.2, 0.25) is 5.02 Å². The number of ether oxygens (including phenoxy) is 1. The largest absolute Gasteiger partial charge is 0.491 e. The minimum Gasteiger partial charge on any atom is -0.491 e. The van der Waals surface area contributed by atoms with Crippen LogP contribution in [0.5, 0.6) is 5.75 Å². The molecule has 0 aromatic heterocycles. The van der Waals surface area contributed by atoms with Crippen molar-refractivity contribution in [2.45, 2.75) is 19.9 Å². The maximum absolute atomic E-state index is 12.1. The van der Waals surface area contributed by atoms with E-state index in [2.05, 4.69) is 20.4 Å². The Morgan fingerprint density at radius 1 is 1.23 bits per heavy atom. The average Bonchev–Trinajstić information content (AvgIpc) is 2.63. The normalized spacial score (nSPS) is 16.7. The molecule has 2 N–H and O–H groups in total. The van der Waals surface area contributed by atoms with Crippen molar-refractivity contribution in [1.29, 1.82) is 0 Å². The van der Waals surface area contributed by atoms with Crippen LogP contribution in [0.4, 0.5) is 4.79 Å². The summed E-state index contributed by atoms with van der Waals surface area (Å²) in [5.41, 5.74) is 0. The van der Waals surface area contributed by atoms with Crippen molar-refractivity contribution in [1.82, 2.24) is 20.4 Å². The minimum atomic E-state index is -0.445. The lowest BCUT2D eigenvalue weighted by Crippen LogP contribution is -2.55. The van der Waals surface area contributed by atoms with Crippen LogP contribution in [0.15, 0.2) is 24.3 Å². The van der Waals surface area contributed by atoms with Crippen molar-refractivity contribution in [3.63, 3.8) is 0 Å². The highest BCUT2D eigenvalue weighted by Gasteiger charge is 2.26. The van der Waals surface area contributed by atoms with Crippen LogP contribution in [-0.2, 0) is 4.79 Å². The minimum absolute atomic E-state index is 0.272. The predicted molar refractivity (Wildman–Crippen MR) is 102 cm³/mol. The van der Waals surface area contributed by atoms with E-state index in [9.17, 15) is 9.59 Å². The Balaban J connectivity index is 1.69. The van der Waals surface area contributed by atoms with E-state index in [1.165, 1.54) is 0 Å². The number of amides is 3. The number of urea groups is 1. The molecular formula is C18H27ClN4O3. The molecule has 1 aliphatic rings. The van der Waals surface area contributed by atoms with Gasteiger partial charge in [-0.2, -0.15) is 0 Å². The van der Waals surface area contributed by atoms with Crippen LogP contribution < -0.4 is 15.4 Å². The maximum atomic E-state index is 12.1. The first-order valence-electron chi connectivity index (χ1n) is 8.93. The molecule has 1 heterocycles. The van der Waals surface area contributed by atoms with Crippen LogP contribution in [0.3, 0.4) is 0 Å². The molecule has 1 atom stereocenters. The van der Waals surface area contributed by atoms with Crippen LogP contribution in [0.1, 0.15) is 13.8 Å². The van der Waals surface area contributed by atoms with Gasteiger partial charge < -0.3 is 10.1 Å². The zero-order valence-corrected chi connectivity index (χ0v) is 16.1. The zero-order valence-electron chi connectivity index (χ0n) is 15.3. The van der Waals surface area contributed by atoms with Gasteiger partial charge in [0, 0.05) is 39.3 Å². The van der Waals surface area contributed by atoms with Gasteiger partial charge in [-0.1, -0.05) is 23.7 Å². The molecule has 2 rings (SSSR count). The molecule has 8 heteroatoms. The molecule has 0 spiro atoms. The number of carbonyl (C=O) groups excluding carboxylic acids is 2. The van der Waals surface area contributed by atoms with Crippen LogP contribution >= 0.6 is 11.6 Å². The second-order valence-corrected chi connectivity index (χ2v) is 6.59. The van der Waals surface area contributed by atoms with Gasteiger partial charge in [0.15, 0.2) is 0 Å². The predicted octanol–water partition coefficient (Wildman–Crippen LogP) is 1.57. The van der Waals surface area contributed by atoms with Crippen LogP contribution in [0, 0.1) is 0 Å². The Morgan fingerprint density at radius 2 is 1.92 bits per heavy atom.